The molecule has 0 aliphatic heterocycles. The van der Waals surface area contributed by atoms with Crippen molar-refractivity contribution >= 4 is 17.3 Å². The fourth-order valence-electron chi connectivity index (χ4n) is 1.74. The van der Waals surface area contributed by atoms with E-state index in [1.807, 2.05) is 31.2 Å². The Morgan fingerprint density at radius 3 is 2.67 bits per heavy atom. The summed E-state index contributed by atoms with van der Waals surface area (Å²) < 4.78 is 13.4. The Kier molecular flexibility index (Phi) is 3.87. The van der Waals surface area contributed by atoms with E-state index in [9.17, 15) is 4.39 Å². The van der Waals surface area contributed by atoms with Crippen molar-refractivity contribution in [1.82, 2.24) is 0 Å². The number of hydrogen-bond donors (Lipinski definition) is 1. The number of rotatable bonds is 3. The van der Waals surface area contributed by atoms with Gasteiger partial charge >= 0.3 is 0 Å². The van der Waals surface area contributed by atoms with E-state index in [-0.39, 0.29) is 5.82 Å². The van der Waals surface area contributed by atoms with Gasteiger partial charge in [-0.3, -0.25) is 0 Å². The van der Waals surface area contributed by atoms with Gasteiger partial charge in [0.2, 0.25) is 0 Å². The number of hydrogen-bond acceptors (Lipinski definition) is 1. The van der Waals surface area contributed by atoms with Crippen LogP contribution in [-0.2, 0) is 6.54 Å². The largest absolute Gasteiger partial charge is 0.381 e. The molecule has 3 heteroatoms. The Morgan fingerprint density at radius 2 is 1.94 bits per heavy atom. The maximum Gasteiger partial charge on any atom is 0.128 e. The third-order valence-corrected chi connectivity index (χ3v) is 3.39. The molecule has 0 radical (unpaired) electrons. The van der Waals surface area contributed by atoms with Gasteiger partial charge < -0.3 is 5.32 Å². The zero-order valence-electron chi connectivity index (χ0n) is 10.4. The van der Waals surface area contributed by atoms with Crippen LogP contribution < -0.4 is 5.32 Å². The Bertz CT molecular complexity index is 566. The van der Waals surface area contributed by atoms with Gasteiger partial charge in [-0.15, -0.1) is 0 Å². The molecule has 0 saturated heterocycles. The third kappa shape index (κ3) is 2.82. The Hall–Kier alpha value is -1.54. The minimum Gasteiger partial charge on any atom is -0.381 e. The molecule has 0 bridgehead atoms. The molecule has 0 amide bonds. The second kappa shape index (κ2) is 5.40. The Morgan fingerprint density at radius 1 is 1.17 bits per heavy atom. The Balaban J connectivity index is 2.11. The van der Waals surface area contributed by atoms with Gasteiger partial charge in [0.15, 0.2) is 0 Å². The average molecular weight is 264 g/mol. The number of anilines is 1. The van der Waals surface area contributed by atoms with Crippen molar-refractivity contribution in [1.29, 1.82) is 0 Å². The minimum atomic E-state index is -0.193. The Labute approximate surface area is 112 Å². The van der Waals surface area contributed by atoms with Crippen molar-refractivity contribution in [2.75, 3.05) is 5.32 Å². The van der Waals surface area contributed by atoms with E-state index in [1.54, 1.807) is 13.0 Å². The summed E-state index contributed by atoms with van der Waals surface area (Å²) in [5.41, 5.74) is 3.58. The summed E-state index contributed by atoms with van der Waals surface area (Å²) in [4.78, 5) is 0. The van der Waals surface area contributed by atoms with E-state index < -0.39 is 0 Å². The predicted molar refractivity (Wildman–Crippen MR) is 74.7 cm³/mol. The van der Waals surface area contributed by atoms with E-state index in [2.05, 4.69) is 5.32 Å². The monoisotopic (exact) mass is 263 g/mol. The number of benzene rings is 2. The van der Waals surface area contributed by atoms with Gasteiger partial charge in [-0.2, -0.15) is 0 Å². The topological polar surface area (TPSA) is 12.0 Å². The predicted octanol–water partition coefficient (Wildman–Crippen LogP) is 4.71. The third-order valence-electron chi connectivity index (χ3n) is 2.99. The lowest BCUT2D eigenvalue weighted by Gasteiger charge is -2.10. The van der Waals surface area contributed by atoms with E-state index in [1.165, 1.54) is 6.07 Å². The molecule has 2 aromatic rings. The van der Waals surface area contributed by atoms with Crippen LogP contribution >= 0.6 is 11.6 Å². The normalized spacial score (nSPS) is 10.4. The molecular formula is C15H15ClFN. The van der Waals surface area contributed by atoms with Gasteiger partial charge in [-0.05, 0) is 43.2 Å². The summed E-state index contributed by atoms with van der Waals surface area (Å²) in [6.45, 7) is 4.36. The highest BCUT2D eigenvalue weighted by Crippen LogP contribution is 2.20. The van der Waals surface area contributed by atoms with Gasteiger partial charge in [0.05, 0.1) is 0 Å². The van der Waals surface area contributed by atoms with E-state index >= 15 is 0 Å². The van der Waals surface area contributed by atoms with Crippen LogP contribution in [0.2, 0.25) is 5.02 Å². The molecular weight excluding hydrogens is 249 g/mol. The molecule has 0 atom stereocenters. The highest BCUT2D eigenvalue weighted by molar-refractivity contribution is 6.31. The van der Waals surface area contributed by atoms with Gasteiger partial charge in [0, 0.05) is 22.8 Å². The molecule has 0 aliphatic carbocycles. The van der Waals surface area contributed by atoms with Crippen LogP contribution in [0.3, 0.4) is 0 Å². The van der Waals surface area contributed by atoms with Crippen LogP contribution in [0, 0.1) is 19.7 Å². The summed E-state index contributed by atoms with van der Waals surface area (Å²) in [7, 11) is 0. The van der Waals surface area contributed by atoms with Crippen LogP contribution in [0.5, 0.6) is 0 Å². The summed E-state index contributed by atoms with van der Waals surface area (Å²) in [6, 6.07) is 11.0. The van der Waals surface area contributed by atoms with Gasteiger partial charge in [-0.1, -0.05) is 29.8 Å². The second-order valence-corrected chi connectivity index (χ2v) is 4.76. The minimum absolute atomic E-state index is 0.193. The van der Waals surface area contributed by atoms with E-state index in [0.29, 0.717) is 12.1 Å². The van der Waals surface area contributed by atoms with Crippen LogP contribution in [0.15, 0.2) is 36.4 Å². The van der Waals surface area contributed by atoms with Crippen molar-refractivity contribution in [2.24, 2.45) is 0 Å². The maximum absolute atomic E-state index is 13.4. The molecule has 1 N–H and O–H groups in total. The number of nitrogens with one attached hydrogen (secondary N) is 1. The van der Waals surface area contributed by atoms with Crippen molar-refractivity contribution in [3.63, 3.8) is 0 Å². The molecule has 2 rings (SSSR count). The summed E-state index contributed by atoms with van der Waals surface area (Å²) >= 11 is 6.06. The van der Waals surface area contributed by atoms with Crippen LogP contribution in [0.4, 0.5) is 10.1 Å². The van der Waals surface area contributed by atoms with Crippen molar-refractivity contribution < 1.29 is 4.39 Å². The first-order valence-corrected chi connectivity index (χ1v) is 6.20. The lowest BCUT2D eigenvalue weighted by atomic mass is 10.1. The average Bonchev–Trinajstić information content (AvgIpc) is 2.35. The highest BCUT2D eigenvalue weighted by atomic mass is 35.5. The molecule has 94 valence electrons. The number of halogens is 2. The molecule has 2 aromatic carbocycles. The molecule has 0 aromatic heterocycles. The highest BCUT2D eigenvalue weighted by Gasteiger charge is 2.03. The van der Waals surface area contributed by atoms with Gasteiger partial charge in [-0.25, -0.2) is 4.39 Å². The smallest absolute Gasteiger partial charge is 0.128 e. The molecule has 0 unspecified atom stereocenters. The van der Waals surface area contributed by atoms with Crippen LogP contribution in [-0.4, -0.2) is 0 Å². The summed E-state index contributed by atoms with van der Waals surface area (Å²) in [5.74, 6) is -0.193. The van der Waals surface area contributed by atoms with E-state index in [0.717, 1.165) is 21.8 Å². The maximum atomic E-state index is 13.4. The number of aryl methyl sites for hydroxylation is 1. The van der Waals surface area contributed by atoms with E-state index in [4.69, 9.17) is 11.6 Å². The first kappa shape index (κ1) is 12.9. The molecule has 0 heterocycles. The van der Waals surface area contributed by atoms with Crippen molar-refractivity contribution in [2.45, 2.75) is 20.4 Å². The van der Waals surface area contributed by atoms with Crippen molar-refractivity contribution in [3.8, 4) is 0 Å². The molecule has 1 nitrogen and oxygen atoms in total. The summed E-state index contributed by atoms with van der Waals surface area (Å²) in [5, 5.41) is 3.97. The standard InChI is InChI=1S/C15H15ClFN/c1-10-6-7-12(8-13(10)16)9-18-15-5-3-4-14(17)11(15)2/h3-8,18H,9H2,1-2H3. The molecule has 0 spiro atoms. The van der Waals surface area contributed by atoms with Crippen molar-refractivity contribution in [3.05, 3.63) is 63.9 Å². The molecule has 0 fully saturated rings. The zero-order valence-corrected chi connectivity index (χ0v) is 11.2. The lowest BCUT2D eigenvalue weighted by molar-refractivity contribution is 0.619. The van der Waals surface area contributed by atoms with Crippen LogP contribution in [0.25, 0.3) is 0 Å². The SMILES string of the molecule is Cc1ccc(CNc2cccc(F)c2C)cc1Cl. The lowest BCUT2D eigenvalue weighted by Crippen LogP contribution is -2.02. The molecule has 18 heavy (non-hydrogen) atoms. The first-order chi connectivity index (χ1) is 8.58. The molecule has 0 aliphatic rings. The second-order valence-electron chi connectivity index (χ2n) is 4.35. The quantitative estimate of drug-likeness (QED) is 0.846. The fourth-order valence-corrected chi connectivity index (χ4v) is 1.95. The summed E-state index contributed by atoms with van der Waals surface area (Å²) in [6.07, 6.45) is 0. The van der Waals surface area contributed by atoms with Crippen LogP contribution in [0.1, 0.15) is 16.7 Å². The van der Waals surface area contributed by atoms with Gasteiger partial charge in [0.25, 0.3) is 0 Å². The zero-order chi connectivity index (χ0) is 13.1. The first-order valence-electron chi connectivity index (χ1n) is 5.82. The van der Waals surface area contributed by atoms with Gasteiger partial charge in [0.1, 0.15) is 5.82 Å². The molecule has 0 saturated carbocycles. The fraction of sp³-hybridized carbons (Fsp3) is 0.200.